The van der Waals surface area contributed by atoms with Crippen molar-refractivity contribution in [2.24, 2.45) is 7.05 Å². The molecule has 6 rings (SSSR count). The lowest BCUT2D eigenvalue weighted by Gasteiger charge is -2.46. The normalized spacial score (nSPS) is 23.0. The van der Waals surface area contributed by atoms with Gasteiger partial charge in [0.15, 0.2) is 0 Å². The number of fused-ring (bicyclic) bond motifs is 1. The summed E-state index contributed by atoms with van der Waals surface area (Å²) in [5.41, 5.74) is -0.223. The first-order chi connectivity index (χ1) is 20.0. The Kier molecular flexibility index (Phi) is 7.04. The van der Waals surface area contributed by atoms with E-state index in [2.05, 4.69) is 27.4 Å². The van der Waals surface area contributed by atoms with Crippen LogP contribution in [-0.2, 0) is 36.5 Å². The van der Waals surface area contributed by atoms with Crippen molar-refractivity contribution in [3.8, 4) is 5.88 Å². The lowest BCUT2D eigenvalue weighted by atomic mass is 9.62. The number of carbonyl (C=O) groups is 1. The molecule has 42 heavy (non-hydrogen) atoms. The third-order valence-corrected chi connectivity index (χ3v) is 9.12. The topological polar surface area (TPSA) is 94.4 Å². The number of halogens is 3. The van der Waals surface area contributed by atoms with Crippen LogP contribution in [-0.4, -0.2) is 51.0 Å². The number of aryl methyl sites for hydroxylation is 1. The van der Waals surface area contributed by atoms with Gasteiger partial charge in [0.05, 0.1) is 30.2 Å². The molecule has 0 unspecified atom stereocenters. The maximum atomic E-state index is 14.3. The van der Waals surface area contributed by atoms with Crippen molar-refractivity contribution in [2.75, 3.05) is 18.6 Å². The van der Waals surface area contributed by atoms with Crippen LogP contribution in [0.25, 0.3) is 0 Å². The predicted molar refractivity (Wildman–Crippen MR) is 148 cm³/mol. The molecule has 224 valence electrons. The van der Waals surface area contributed by atoms with Crippen LogP contribution in [0.15, 0.2) is 30.6 Å². The van der Waals surface area contributed by atoms with Crippen molar-refractivity contribution < 1.29 is 27.4 Å². The molecular weight excluding hydrogens is 549 g/mol. The Hall–Kier alpha value is -3.51. The van der Waals surface area contributed by atoms with Gasteiger partial charge in [-0.1, -0.05) is 0 Å². The van der Waals surface area contributed by atoms with Gasteiger partial charge in [-0.3, -0.25) is 9.69 Å². The third kappa shape index (κ3) is 4.84. The van der Waals surface area contributed by atoms with E-state index in [1.165, 1.54) is 11.0 Å². The highest BCUT2D eigenvalue weighted by Gasteiger charge is 2.51. The van der Waals surface area contributed by atoms with E-state index in [9.17, 15) is 18.0 Å². The highest BCUT2D eigenvalue weighted by Crippen LogP contribution is 2.51. The van der Waals surface area contributed by atoms with Crippen molar-refractivity contribution in [1.29, 1.82) is 0 Å². The van der Waals surface area contributed by atoms with E-state index in [-0.39, 0.29) is 47.6 Å². The second kappa shape index (κ2) is 10.3. The molecule has 3 aromatic rings. The van der Waals surface area contributed by atoms with Crippen molar-refractivity contribution in [3.05, 3.63) is 64.2 Å². The van der Waals surface area contributed by atoms with Crippen molar-refractivity contribution in [1.82, 2.24) is 25.1 Å². The summed E-state index contributed by atoms with van der Waals surface area (Å²) in [6.07, 6.45) is 1.28. The van der Waals surface area contributed by atoms with Gasteiger partial charge in [0, 0.05) is 37.9 Å². The fourth-order valence-corrected chi connectivity index (χ4v) is 6.48. The zero-order valence-corrected chi connectivity index (χ0v) is 24.2. The predicted octanol–water partition coefficient (Wildman–Crippen LogP) is 4.92. The van der Waals surface area contributed by atoms with Crippen LogP contribution in [0.3, 0.4) is 0 Å². The van der Waals surface area contributed by atoms with Crippen molar-refractivity contribution in [2.45, 2.75) is 82.3 Å². The molecule has 2 saturated carbocycles. The summed E-state index contributed by atoms with van der Waals surface area (Å²) in [6, 6.07) is 6.33. The van der Waals surface area contributed by atoms with Gasteiger partial charge in [-0.05, 0) is 80.8 Å². The van der Waals surface area contributed by atoms with Crippen LogP contribution in [0.1, 0.15) is 84.4 Å². The van der Waals surface area contributed by atoms with Gasteiger partial charge in [-0.15, -0.1) is 10.2 Å². The largest absolute Gasteiger partial charge is 0.478 e. The number of ether oxygens (including phenoxy) is 2. The summed E-state index contributed by atoms with van der Waals surface area (Å²) in [5, 5.41) is 11.8. The van der Waals surface area contributed by atoms with Gasteiger partial charge >= 0.3 is 6.18 Å². The average molecular weight is 585 g/mol. The molecule has 2 aromatic heterocycles. The molecule has 1 aromatic carbocycles. The molecule has 0 saturated heterocycles. The molecule has 3 heterocycles. The molecule has 0 bridgehead atoms. The maximum Gasteiger partial charge on any atom is 0.416 e. The van der Waals surface area contributed by atoms with Crippen LogP contribution in [0.4, 0.5) is 19.0 Å². The van der Waals surface area contributed by atoms with Crippen LogP contribution >= 0.6 is 0 Å². The molecule has 1 N–H and O–H groups in total. The van der Waals surface area contributed by atoms with Crippen LogP contribution in [0.5, 0.6) is 5.88 Å². The number of alkyl halides is 3. The van der Waals surface area contributed by atoms with Crippen LogP contribution in [0.2, 0.25) is 0 Å². The molecule has 0 spiro atoms. The Morgan fingerprint density at radius 3 is 2.52 bits per heavy atom. The number of pyridine rings is 1. The Bertz CT molecular complexity index is 1510. The molecule has 9 nitrogen and oxygen atoms in total. The molecule has 0 atom stereocenters. The number of hydrogen-bond donors (Lipinski definition) is 1. The van der Waals surface area contributed by atoms with E-state index in [0.29, 0.717) is 25.0 Å². The minimum Gasteiger partial charge on any atom is -0.478 e. The number of anilines is 1. The fraction of sp³-hybridized carbons (Fsp3) is 0.533. The van der Waals surface area contributed by atoms with Gasteiger partial charge in [0.25, 0.3) is 5.91 Å². The number of carbonyl (C=O) groups excluding carboxylic acids is 1. The van der Waals surface area contributed by atoms with Crippen LogP contribution < -0.4 is 15.0 Å². The average Bonchev–Trinajstić information content (AvgIpc) is 3.48. The summed E-state index contributed by atoms with van der Waals surface area (Å²) >= 11 is 0. The van der Waals surface area contributed by atoms with Crippen molar-refractivity contribution in [3.63, 3.8) is 0 Å². The highest BCUT2D eigenvalue weighted by atomic mass is 19.4. The second-order valence-corrected chi connectivity index (χ2v) is 11.9. The maximum absolute atomic E-state index is 14.3. The fourth-order valence-electron chi connectivity index (χ4n) is 6.48. The first kappa shape index (κ1) is 28.6. The van der Waals surface area contributed by atoms with Gasteiger partial charge in [0.1, 0.15) is 18.0 Å². The number of benzene rings is 1. The van der Waals surface area contributed by atoms with Crippen molar-refractivity contribution >= 4 is 11.7 Å². The summed E-state index contributed by atoms with van der Waals surface area (Å²) < 4.78 is 56.2. The van der Waals surface area contributed by atoms with Gasteiger partial charge < -0.3 is 19.4 Å². The van der Waals surface area contributed by atoms with Gasteiger partial charge in [-0.25, -0.2) is 0 Å². The third-order valence-electron chi connectivity index (χ3n) is 9.12. The van der Waals surface area contributed by atoms with Gasteiger partial charge in [-0.2, -0.15) is 18.2 Å². The van der Waals surface area contributed by atoms with E-state index in [0.717, 1.165) is 30.7 Å². The SMILES string of the molecule is CCOc1cc(C2(c3nncn3C)CC(OC)C2)cc(N2Cc3c(cc(CNC4(C)CCC4)cc3C(F)(F)F)C2=O)n1. The standard InChI is InChI=1S/C30H35F3N6O3/c1-5-42-25-12-19(29(13-20(14-29)41-4)27-37-35-17-38(27)3)11-24(36-25)39-16-22-21(26(39)40)9-18(10-23(22)30(31,32)33)15-34-28(2)7-6-8-28/h9-12,17,20,34H,5-8,13-16H2,1-4H3. The zero-order chi connectivity index (χ0) is 29.9. The molecule has 2 fully saturated rings. The first-order valence-electron chi connectivity index (χ1n) is 14.3. The van der Waals surface area contributed by atoms with E-state index >= 15 is 0 Å². The van der Waals surface area contributed by atoms with E-state index in [4.69, 9.17) is 9.47 Å². The summed E-state index contributed by atoms with van der Waals surface area (Å²) in [5.74, 6) is 0.721. The molecular formula is C30H35F3N6O3. The Morgan fingerprint density at radius 1 is 1.17 bits per heavy atom. The lowest BCUT2D eigenvalue weighted by molar-refractivity contribution is -0.138. The minimum atomic E-state index is -4.61. The molecule has 2 aliphatic carbocycles. The number of nitrogens with zero attached hydrogens (tertiary/aromatic N) is 5. The molecule has 3 aliphatic rings. The lowest BCUT2D eigenvalue weighted by Crippen LogP contribution is -2.48. The summed E-state index contributed by atoms with van der Waals surface area (Å²) in [7, 11) is 3.52. The van der Waals surface area contributed by atoms with E-state index < -0.39 is 23.1 Å². The number of hydrogen-bond acceptors (Lipinski definition) is 7. The Balaban J connectivity index is 1.39. The van der Waals surface area contributed by atoms with Crippen LogP contribution in [0, 0.1) is 0 Å². The molecule has 0 radical (unpaired) electrons. The minimum absolute atomic E-state index is 0.00454. The quantitative estimate of drug-likeness (QED) is 0.382. The van der Waals surface area contributed by atoms with Gasteiger partial charge in [0.2, 0.25) is 5.88 Å². The number of aromatic nitrogens is 4. The number of nitrogens with one attached hydrogen (secondary N) is 1. The van der Waals surface area contributed by atoms with E-state index in [1.54, 1.807) is 25.6 Å². The Labute approximate surface area is 242 Å². The smallest absolute Gasteiger partial charge is 0.416 e. The monoisotopic (exact) mass is 584 g/mol. The number of rotatable bonds is 9. The molecule has 1 aliphatic heterocycles. The molecule has 1 amide bonds. The highest BCUT2D eigenvalue weighted by molar-refractivity contribution is 6.10. The number of methoxy groups -OCH3 is 1. The second-order valence-electron chi connectivity index (χ2n) is 11.9. The summed E-state index contributed by atoms with van der Waals surface area (Å²) in [6.45, 7) is 4.23. The van der Waals surface area contributed by atoms with E-state index in [1.807, 2.05) is 24.6 Å². The Morgan fingerprint density at radius 2 is 1.93 bits per heavy atom. The number of amides is 1. The zero-order valence-electron chi connectivity index (χ0n) is 24.2. The summed E-state index contributed by atoms with van der Waals surface area (Å²) in [4.78, 5) is 19.7. The molecule has 12 heteroatoms. The first-order valence-corrected chi connectivity index (χ1v) is 14.3.